The van der Waals surface area contributed by atoms with Crippen molar-refractivity contribution in [1.29, 1.82) is 0 Å². The monoisotopic (exact) mass is 315 g/mol. The number of nitrogens with zero attached hydrogens (tertiary/aromatic N) is 4. The van der Waals surface area contributed by atoms with Gasteiger partial charge in [-0.3, -0.25) is 14.2 Å². The second-order valence-electron chi connectivity index (χ2n) is 4.80. The van der Waals surface area contributed by atoms with Crippen LogP contribution in [0.15, 0.2) is 35.5 Å². The number of aromatic nitrogens is 4. The summed E-state index contributed by atoms with van der Waals surface area (Å²) in [5.41, 5.74) is 2.49. The van der Waals surface area contributed by atoms with E-state index >= 15 is 0 Å². The van der Waals surface area contributed by atoms with Gasteiger partial charge in [-0.2, -0.15) is 8.75 Å². The number of nitrogens with one attached hydrogen (secondary N) is 1. The lowest BCUT2D eigenvalue weighted by Gasteiger charge is -2.07. The molecule has 2 aromatic heterocycles. The Morgan fingerprint density at radius 2 is 2.14 bits per heavy atom. The number of hydrogen-bond acceptors (Lipinski definition) is 6. The lowest BCUT2D eigenvalue weighted by Crippen LogP contribution is -2.31. The van der Waals surface area contributed by atoms with Gasteiger partial charge in [0.05, 0.1) is 18.1 Å². The van der Waals surface area contributed by atoms with Gasteiger partial charge in [-0.25, -0.2) is 4.98 Å². The van der Waals surface area contributed by atoms with Gasteiger partial charge in [0.15, 0.2) is 0 Å². The molecule has 0 aliphatic rings. The van der Waals surface area contributed by atoms with Crippen molar-refractivity contribution in [2.45, 2.75) is 13.5 Å². The van der Waals surface area contributed by atoms with E-state index in [9.17, 15) is 9.59 Å². The van der Waals surface area contributed by atoms with Crippen molar-refractivity contribution in [3.8, 4) is 0 Å². The summed E-state index contributed by atoms with van der Waals surface area (Å²) < 4.78 is 9.68. The SMILES string of the molecule is Cc1cncn(CCNC(=O)c2ccc3nsnc3c2)c1=O. The molecule has 0 fully saturated rings. The first-order chi connectivity index (χ1) is 10.6. The van der Waals surface area contributed by atoms with Crippen LogP contribution in [-0.4, -0.2) is 30.8 Å². The predicted molar refractivity (Wildman–Crippen MR) is 83.0 cm³/mol. The van der Waals surface area contributed by atoms with Crippen LogP contribution in [0.2, 0.25) is 0 Å². The van der Waals surface area contributed by atoms with Gasteiger partial charge in [0.1, 0.15) is 11.0 Å². The van der Waals surface area contributed by atoms with E-state index in [1.165, 1.54) is 17.1 Å². The van der Waals surface area contributed by atoms with Crippen LogP contribution in [0.3, 0.4) is 0 Å². The Hall–Kier alpha value is -2.61. The number of hydrogen-bond donors (Lipinski definition) is 1. The van der Waals surface area contributed by atoms with E-state index < -0.39 is 0 Å². The minimum absolute atomic E-state index is 0.0979. The van der Waals surface area contributed by atoms with Crippen LogP contribution in [-0.2, 0) is 6.54 Å². The highest BCUT2D eigenvalue weighted by molar-refractivity contribution is 7.00. The molecule has 1 aromatic carbocycles. The van der Waals surface area contributed by atoms with Crippen molar-refractivity contribution in [1.82, 2.24) is 23.6 Å². The highest BCUT2D eigenvalue weighted by Crippen LogP contribution is 2.13. The molecular formula is C14H13N5O2S. The van der Waals surface area contributed by atoms with Crippen LogP contribution in [0.25, 0.3) is 11.0 Å². The lowest BCUT2D eigenvalue weighted by molar-refractivity contribution is 0.0952. The summed E-state index contributed by atoms with van der Waals surface area (Å²) in [7, 11) is 0. The normalized spacial score (nSPS) is 10.8. The third-order valence-electron chi connectivity index (χ3n) is 3.23. The summed E-state index contributed by atoms with van der Waals surface area (Å²) in [6, 6.07) is 5.18. The maximum atomic E-state index is 12.1. The van der Waals surface area contributed by atoms with Crippen LogP contribution in [0, 0.1) is 6.92 Å². The summed E-state index contributed by atoms with van der Waals surface area (Å²) >= 11 is 1.11. The fourth-order valence-corrected chi connectivity index (χ4v) is 2.55. The van der Waals surface area contributed by atoms with E-state index in [0.29, 0.717) is 29.7 Å². The Morgan fingerprint density at radius 1 is 1.32 bits per heavy atom. The zero-order valence-corrected chi connectivity index (χ0v) is 12.6. The van der Waals surface area contributed by atoms with Gasteiger partial charge >= 0.3 is 0 Å². The van der Waals surface area contributed by atoms with Crippen LogP contribution >= 0.6 is 11.7 Å². The zero-order chi connectivity index (χ0) is 15.5. The van der Waals surface area contributed by atoms with Crippen LogP contribution in [0.5, 0.6) is 0 Å². The van der Waals surface area contributed by atoms with E-state index in [-0.39, 0.29) is 11.5 Å². The molecule has 3 aromatic rings. The molecule has 0 aliphatic heterocycles. The summed E-state index contributed by atoms with van der Waals surface area (Å²) in [5, 5.41) is 2.78. The molecule has 0 aliphatic carbocycles. The standard InChI is InChI=1S/C14H13N5O2S/c1-9-7-15-8-19(14(9)21)5-4-16-13(20)10-2-3-11-12(6-10)18-22-17-11/h2-3,6-8H,4-5H2,1H3,(H,16,20). The largest absolute Gasteiger partial charge is 0.350 e. The maximum Gasteiger partial charge on any atom is 0.256 e. The second kappa shape index (κ2) is 6.02. The predicted octanol–water partition coefficient (Wildman–Crippen LogP) is 0.986. The highest BCUT2D eigenvalue weighted by atomic mass is 32.1. The van der Waals surface area contributed by atoms with Gasteiger partial charge in [-0.15, -0.1) is 0 Å². The summed E-state index contributed by atoms with van der Waals surface area (Å²) in [4.78, 5) is 27.9. The quantitative estimate of drug-likeness (QED) is 0.775. The fourth-order valence-electron chi connectivity index (χ4n) is 2.03. The molecule has 2 heterocycles. The zero-order valence-electron chi connectivity index (χ0n) is 11.8. The number of fused-ring (bicyclic) bond motifs is 1. The average Bonchev–Trinajstić information content (AvgIpc) is 2.98. The Kier molecular flexibility index (Phi) is 3.92. The van der Waals surface area contributed by atoms with E-state index in [4.69, 9.17) is 0 Å². The van der Waals surface area contributed by atoms with Crippen molar-refractivity contribution >= 4 is 28.7 Å². The number of carbonyl (C=O) groups is 1. The van der Waals surface area contributed by atoms with Gasteiger partial charge in [-0.05, 0) is 25.1 Å². The maximum absolute atomic E-state index is 12.1. The molecule has 0 saturated carbocycles. The number of rotatable bonds is 4. The summed E-state index contributed by atoms with van der Waals surface area (Å²) in [5.74, 6) is -0.205. The molecular weight excluding hydrogens is 302 g/mol. The number of carbonyl (C=O) groups excluding carboxylic acids is 1. The Morgan fingerprint density at radius 3 is 3.00 bits per heavy atom. The van der Waals surface area contributed by atoms with Crippen LogP contribution in [0.1, 0.15) is 15.9 Å². The Balaban J connectivity index is 1.64. The van der Waals surface area contributed by atoms with Crippen LogP contribution < -0.4 is 10.9 Å². The number of aryl methyl sites for hydroxylation is 1. The van der Waals surface area contributed by atoms with Crippen molar-refractivity contribution in [2.24, 2.45) is 0 Å². The average molecular weight is 315 g/mol. The molecule has 0 saturated heterocycles. The van der Waals surface area contributed by atoms with Gasteiger partial charge in [-0.1, -0.05) is 0 Å². The van der Waals surface area contributed by atoms with Crippen molar-refractivity contribution in [3.05, 3.63) is 52.2 Å². The summed E-state index contributed by atoms with van der Waals surface area (Å²) in [6.45, 7) is 2.43. The molecule has 1 N–H and O–H groups in total. The third kappa shape index (κ3) is 2.86. The first-order valence-corrected chi connectivity index (χ1v) is 7.40. The molecule has 3 rings (SSSR count). The molecule has 112 valence electrons. The number of amides is 1. The van der Waals surface area contributed by atoms with E-state index in [1.807, 2.05) is 0 Å². The van der Waals surface area contributed by atoms with E-state index in [1.54, 1.807) is 25.1 Å². The molecule has 0 unspecified atom stereocenters. The summed E-state index contributed by atoms with van der Waals surface area (Å²) in [6.07, 6.45) is 2.99. The van der Waals surface area contributed by atoms with Gasteiger partial charge in [0.2, 0.25) is 0 Å². The smallest absolute Gasteiger partial charge is 0.256 e. The van der Waals surface area contributed by atoms with Gasteiger partial charge in [0, 0.05) is 30.4 Å². The topological polar surface area (TPSA) is 89.8 Å². The molecule has 0 spiro atoms. The lowest BCUT2D eigenvalue weighted by atomic mass is 10.2. The van der Waals surface area contributed by atoms with Crippen molar-refractivity contribution < 1.29 is 4.79 Å². The number of benzene rings is 1. The van der Waals surface area contributed by atoms with Gasteiger partial charge < -0.3 is 5.32 Å². The highest BCUT2D eigenvalue weighted by Gasteiger charge is 2.08. The van der Waals surface area contributed by atoms with Gasteiger partial charge in [0.25, 0.3) is 11.5 Å². The first kappa shape index (κ1) is 14.3. The van der Waals surface area contributed by atoms with Crippen molar-refractivity contribution in [3.63, 3.8) is 0 Å². The minimum atomic E-state index is -0.205. The molecule has 8 heteroatoms. The minimum Gasteiger partial charge on any atom is -0.350 e. The van der Waals surface area contributed by atoms with E-state index in [0.717, 1.165) is 17.2 Å². The molecule has 0 atom stereocenters. The molecule has 22 heavy (non-hydrogen) atoms. The van der Waals surface area contributed by atoms with E-state index in [2.05, 4.69) is 19.0 Å². The van der Waals surface area contributed by atoms with Crippen LogP contribution in [0.4, 0.5) is 0 Å². The molecule has 1 amide bonds. The first-order valence-electron chi connectivity index (χ1n) is 6.67. The Labute approximate surface area is 130 Å². The van der Waals surface area contributed by atoms with Crippen molar-refractivity contribution in [2.75, 3.05) is 6.54 Å². The fraction of sp³-hybridized carbons (Fsp3) is 0.214. The molecule has 7 nitrogen and oxygen atoms in total. The molecule has 0 bridgehead atoms. The Bertz CT molecular complexity index is 886. The molecule has 0 radical (unpaired) electrons. The third-order valence-corrected chi connectivity index (χ3v) is 3.78. The second-order valence-corrected chi connectivity index (χ2v) is 5.33.